The quantitative estimate of drug-likeness (QED) is 0.859. The molecule has 0 spiro atoms. The summed E-state index contributed by atoms with van der Waals surface area (Å²) < 4.78 is 13.6. The number of benzene rings is 2. The van der Waals surface area contributed by atoms with Gasteiger partial charge >= 0.3 is 0 Å². The summed E-state index contributed by atoms with van der Waals surface area (Å²) in [6.45, 7) is 0. The molecule has 1 atom stereocenters. The Morgan fingerprint density at radius 1 is 1.29 bits per heavy atom. The summed E-state index contributed by atoms with van der Waals surface area (Å²) in [5.41, 5.74) is 1.48. The molecule has 0 fully saturated rings. The molecule has 0 heterocycles. The van der Waals surface area contributed by atoms with E-state index in [-0.39, 0.29) is 18.1 Å². The number of anilines is 1. The molecule has 3 nitrogen and oxygen atoms in total. The molecule has 0 radical (unpaired) electrons. The Hall–Kier alpha value is -2.19. The number of nitrogens with one attached hydrogen (secondary N) is 1. The Bertz CT molecular complexity index is 697. The monoisotopic (exact) mass is 346 g/mol. The van der Waals surface area contributed by atoms with Crippen molar-refractivity contribution in [3.8, 4) is 6.07 Å². The maximum atomic E-state index is 13.6. The molecular weight excluding hydrogens is 335 g/mol. The van der Waals surface area contributed by atoms with E-state index < -0.39 is 4.83 Å². The second-order valence-electron chi connectivity index (χ2n) is 4.44. The van der Waals surface area contributed by atoms with Gasteiger partial charge in [0.05, 0.1) is 16.5 Å². The summed E-state index contributed by atoms with van der Waals surface area (Å²) >= 11 is 3.26. The van der Waals surface area contributed by atoms with Gasteiger partial charge in [-0.2, -0.15) is 5.26 Å². The van der Waals surface area contributed by atoms with Crippen molar-refractivity contribution in [1.82, 2.24) is 0 Å². The molecule has 0 aliphatic carbocycles. The molecule has 1 unspecified atom stereocenters. The van der Waals surface area contributed by atoms with Crippen LogP contribution in [0.15, 0.2) is 48.5 Å². The summed E-state index contributed by atoms with van der Waals surface area (Å²) in [7, 11) is 0. The van der Waals surface area contributed by atoms with Gasteiger partial charge in [0.1, 0.15) is 5.82 Å². The standard InChI is InChI=1S/C16H12BrFN2O/c17-14(9-12-5-1-2-7-15(12)18)16(21)20-13-6-3-4-11(8-13)10-19/h1-8,14H,9H2,(H,20,21). The van der Waals surface area contributed by atoms with E-state index in [0.29, 0.717) is 16.8 Å². The van der Waals surface area contributed by atoms with Crippen LogP contribution in [-0.2, 0) is 11.2 Å². The lowest BCUT2D eigenvalue weighted by molar-refractivity contribution is -0.115. The Kier molecular flexibility index (Phi) is 5.07. The fraction of sp³-hybridized carbons (Fsp3) is 0.125. The zero-order valence-electron chi connectivity index (χ0n) is 11.0. The summed E-state index contributed by atoms with van der Waals surface area (Å²) in [5.74, 6) is -0.616. The third-order valence-electron chi connectivity index (χ3n) is 2.90. The van der Waals surface area contributed by atoms with Crippen molar-refractivity contribution in [3.63, 3.8) is 0 Å². The van der Waals surface area contributed by atoms with E-state index in [2.05, 4.69) is 21.2 Å². The van der Waals surface area contributed by atoms with Crippen LogP contribution in [0.1, 0.15) is 11.1 Å². The predicted octanol–water partition coefficient (Wildman–Crippen LogP) is 3.64. The van der Waals surface area contributed by atoms with Crippen molar-refractivity contribution in [3.05, 3.63) is 65.5 Å². The third kappa shape index (κ3) is 4.14. The van der Waals surface area contributed by atoms with Gasteiger partial charge in [0.15, 0.2) is 0 Å². The SMILES string of the molecule is N#Cc1cccc(NC(=O)C(Br)Cc2ccccc2F)c1. The molecule has 0 aromatic heterocycles. The minimum Gasteiger partial charge on any atom is -0.325 e. The van der Waals surface area contributed by atoms with Gasteiger partial charge in [-0.3, -0.25) is 4.79 Å². The number of alkyl halides is 1. The van der Waals surface area contributed by atoms with Crippen LogP contribution in [0.4, 0.5) is 10.1 Å². The van der Waals surface area contributed by atoms with Gasteiger partial charge in [0, 0.05) is 5.69 Å². The zero-order chi connectivity index (χ0) is 15.2. The molecule has 5 heteroatoms. The van der Waals surface area contributed by atoms with Crippen LogP contribution in [0.25, 0.3) is 0 Å². The van der Waals surface area contributed by atoms with Crippen molar-refractivity contribution >= 4 is 27.5 Å². The fourth-order valence-corrected chi connectivity index (χ4v) is 2.30. The Morgan fingerprint density at radius 2 is 2.05 bits per heavy atom. The van der Waals surface area contributed by atoms with Crippen LogP contribution in [-0.4, -0.2) is 10.7 Å². The van der Waals surface area contributed by atoms with Gasteiger partial charge in [-0.1, -0.05) is 40.2 Å². The molecule has 2 rings (SSSR count). The largest absolute Gasteiger partial charge is 0.325 e. The van der Waals surface area contributed by atoms with E-state index in [1.54, 1.807) is 42.5 Å². The highest BCUT2D eigenvalue weighted by atomic mass is 79.9. The van der Waals surface area contributed by atoms with Crippen molar-refractivity contribution in [2.24, 2.45) is 0 Å². The minimum atomic E-state index is -0.555. The molecule has 0 bridgehead atoms. The summed E-state index contributed by atoms with van der Waals surface area (Å²) in [6, 6.07) is 15.0. The van der Waals surface area contributed by atoms with E-state index in [1.165, 1.54) is 6.07 Å². The maximum Gasteiger partial charge on any atom is 0.238 e. The van der Waals surface area contributed by atoms with Crippen LogP contribution in [0.3, 0.4) is 0 Å². The first-order valence-corrected chi connectivity index (χ1v) is 7.20. The topological polar surface area (TPSA) is 52.9 Å². The van der Waals surface area contributed by atoms with Crippen LogP contribution in [0.2, 0.25) is 0 Å². The summed E-state index contributed by atoms with van der Waals surface area (Å²) in [5, 5.41) is 11.5. The van der Waals surface area contributed by atoms with E-state index in [9.17, 15) is 9.18 Å². The molecule has 0 saturated carbocycles. The minimum absolute atomic E-state index is 0.246. The molecule has 21 heavy (non-hydrogen) atoms. The van der Waals surface area contributed by atoms with Gasteiger partial charge in [-0.05, 0) is 36.2 Å². The van der Waals surface area contributed by atoms with Crippen molar-refractivity contribution < 1.29 is 9.18 Å². The lowest BCUT2D eigenvalue weighted by Gasteiger charge is -2.11. The van der Waals surface area contributed by atoms with Crippen molar-refractivity contribution in [2.45, 2.75) is 11.2 Å². The highest BCUT2D eigenvalue weighted by Crippen LogP contribution is 2.16. The molecule has 106 valence electrons. The molecule has 1 amide bonds. The molecule has 0 aliphatic rings. The van der Waals surface area contributed by atoms with Gasteiger partial charge in [0.25, 0.3) is 0 Å². The normalized spacial score (nSPS) is 11.5. The van der Waals surface area contributed by atoms with Crippen LogP contribution >= 0.6 is 15.9 Å². The van der Waals surface area contributed by atoms with E-state index in [1.807, 2.05) is 6.07 Å². The number of carbonyl (C=O) groups excluding carboxylic acids is 1. The number of halogens is 2. The number of hydrogen-bond acceptors (Lipinski definition) is 2. The van der Waals surface area contributed by atoms with E-state index in [0.717, 1.165) is 0 Å². The number of rotatable bonds is 4. The highest BCUT2D eigenvalue weighted by molar-refractivity contribution is 9.10. The number of hydrogen-bond donors (Lipinski definition) is 1. The van der Waals surface area contributed by atoms with E-state index in [4.69, 9.17) is 5.26 Å². The molecule has 2 aromatic rings. The Balaban J connectivity index is 2.03. The van der Waals surface area contributed by atoms with Crippen LogP contribution < -0.4 is 5.32 Å². The average molecular weight is 347 g/mol. The fourth-order valence-electron chi connectivity index (χ4n) is 1.84. The highest BCUT2D eigenvalue weighted by Gasteiger charge is 2.17. The lowest BCUT2D eigenvalue weighted by Crippen LogP contribution is -2.25. The smallest absolute Gasteiger partial charge is 0.238 e. The van der Waals surface area contributed by atoms with Gasteiger partial charge in [-0.15, -0.1) is 0 Å². The first-order chi connectivity index (χ1) is 10.1. The number of carbonyl (C=O) groups is 1. The maximum absolute atomic E-state index is 13.6. The number of nitrogens with zero attached hydrogens (tertiary/aromatic N) is 1. The predicted molar refractivity (Wildman–Crippen MR) is 82.6 cm³/mol. The van der Waals surface area contributed by atoms with Gasteiger partial charge in [-0.25, -0.2) is 4.39 Å². The first-order valence-electron chi connectivity index (χ1n) is 6.28. The third-order valence-corrected chi connectivity index (χ3v) is 3.64. The van der Waals surface area contributed by atoms with Gasteiger partial charge in [0.2, 0.25) is 5.91 Å². The van der Waals surface area contributed by atoms with E-state index >= 15 is 0 Å². The molecule has 2 aromatic carbocycles. The van der Waals surface area contributed by atoms with Crippen LogP contribution in [0, 0.1) is 17.1 Å². The second kappa shape index (κ2) is 7.00. The number of amides is 1. The second-order valence-corrected chi connectivity index (χ2v) is 5.55. The van der Waals surface area contributed by atoms with Crippen molar-refractivity contribution in [2.75, 3.05) is 5.32 Å². The molecule has 1 N–H and O–H groups in total. The Labute approximate surface area is 130 Å². The lowest BCUT2D eigenvalue weighted by atomic mass is 10.1. The number of nitriles is 1. The molecular formula is C16H12BrFN2O. The van der Waals surface area contributed by atoms with Crippen molar-refractivity contribution in [1.29, 1.82) is 5.26 Å². The van der Waals surface area contributed by atoms with Crippen LogP contribution in [0.5, 0.6) is 0 Å². The summed E-state index contributed by atoms with van der Waals surface area (Å²) in [4.78, 5) is 11.5. The Morgan fingerprint density at radius 3 is 2.76 bits per heavy atom. The molecule has 0 aliphatic heterocycles. The zero-order valence-corrected chi connectivity index (χ0v) is 12.6. The average Bonchev–Trinajstić information content (AvgIpc) is 2.49. The van der Waals surface area contributed by atoms with Gasteiger partial charge < -0.3 is 5.32 Å². The molecule has 0 saturated heterocycles. The summed E-state index contributed by atoms with van der Waals surface area (Å²) in [6.07, 6.45) is 0.246. The first kappa shape index (κ1) is 15.2.